The van der Waals surface area contributed by atoms with E-state index in [0.29, 0.717) is 6.04 Å². The Bertz CT molecular complexity index is 291. The lowest BCUT2D eigenvalue weighted by atomic mass is 10.1. The van der Waals surface area contributed by atoms with E-state index in [-0.39, 0.29) is 0 Å². The van der Waals surface area contributed by atoms with Gasteiger partial charge in [-0.05, 0) is 18.0 Å². The van der Waals surface area contributed by atoms with Crippen molar-refractivity contribution in [3.05, 3.63) is 22.4 Å². The van der Waals surface area contributed by atoms with E-state index in [4.69, 9.17) is 5.73 Å². The highest BCUT2D eigenvalue weighted by Crippen LogP contribution is 2.24. The number of hydrogen-bond donors (Lipinski definition) is 1. The molecule has 0 radical (unpaired) electrons. The Morgan fingerprint density at radius 1 is 1.38 bits per heavy atom. The Balaban J connectivity index is 1.96. The number of likely N-dealkylation sites (N-methyl/N-ethyl adjacent to an activating group) is 1. The van der Waals surface area contributed by atoms with Gasteiger partial charge in [-0.3, -0.25) is 4.90 Å². The molecule has 0 spiro atoms. The topological polar surface area (TPSA) is 32.5 Å². The van der Waals surface area contributed by atoms with E-state index in [1.807, 2.05) is 11.3 Å². The molecule has 90 valence electrons. The van der Waals surface area contributed by atoms with Crippen LogP contribution in [0.3, 0.4) is 0 Å². The van der Waals surface area contributed by atoms with Crippen LogP contribution in [0.2, 0.25) is 0 Å². The summed E-state index contributed by atoms with van der Waals surface area (Å²) in [5.41, 5.74) is 5.91. The summed E-state index contributed by atoms with van der Waals surface area (Å²) >= 11 is 1.82. The molecule has 0 unspecified atom stereocenters. The number of nitrogens with two attached hydrogens (primary N) is 1. The summed E-state index contributed by atoms with van der Waals surface area (Å²) in [6, 6.07) is 4.75. The Labute approximate surface area is 102 Å². The Morgan fingerprint density at radius 3 is 2.62 bits per heavy atom. The standard InChI is InChI=1S/C12H21N3S/c1-2-14-5-7-15(8-6-14)11(10-13)12-4-3-9-16-12/h3-4,9,11H,2,5-8,10,13H2,1H3/t11-/m0/s1. The normalized spacial score (nSPS) is 21.1. The Kier molecular flexibility index (Phi) is 4.35. The van der Waals surface area contributed by atoms with Crippen LogP contribution in [0.15, 0.2) is 17.5 Å². The van der Waals surface area contributed by atoms with Crippen LogP contribution in [0.25, 0.3) is 0 Å². The van der Waals surface area contributed by atoms with Gasteiger partial charge in [-0.2, -0.15) is 0 Å². The van der Waals surface area contributed by atoms with Crippen molar-refractivity contribution in [2.24, 2.45) is 5.73 Å². The van der Waals surface area contributed by atoms with E-state index in [1.165, 1.54) is 24.5 Å². The maximum Gasteiger partial charge on any atom is 0.0565 e. The molecule has 1 aliphatic heterocycles. The molecule has 1 aliphatic rings. The third kappa shape index (κ3) is 2.63. The monoisotopic (exact) mass is 239 g/mol. The first-order chi connectivity index (χ1) is 7.85. The van der Waals surface area contributed by atoms with Crippen LogP contribution in [0, 0.1) is 0 Å². The van der Waals surface area contributed by atoms with Gasteiger partial charge in [-0.1, -0.05) is 13.0 Å². The third-order valence-electron chi connectivity index (χ3n) is 3.39. The average Bonchev–Trinajstić information content (AvgIpc) is 2.85. The van der Waals surface area contributed by atoms with Gasteiger partial charge in [0.05, 0.1) is 6.04 Å². The fourth-order valence-electron chi connectivity index (χ4n) is 2.32. The molecule has 1 atom stereocenters. The molecule has 0 bridgehead atoms. The lowest BCUT2D eigenvalue weighted by Crippen LogP contribution is -2.48. The van der Waals surface area contributed by atoms with E-state index in [2.05, 4.69) is 34.2 Å². The smallest absolute Gasteiger partial charge is 0.0565 e. The maximum absolute atomic E-state index is 5.91. The summed E-state index contributed by atoms with van der Waals surface area (Å²) in [6.45, 7) is 8.78. The second-order valence-corrected chi connectivity index (χ2v) is 5.22. The van der Waals surface area contributed by atoms with Gasteiger partial charge in [0.25, 0.3) is 0 Å². The molecular formula is C12H21N3S. The largest absolute Gasteiger partial charge is 0.329 e. The summed E-state index contributed by atoms with van der Waals surface area (Å²) in [5, 5.41) is 2.14. The molecule has 0 amide bonds. The van der Waals surface area contributed by atoms with Crippen molar-refractivity contribution in [3.63, 3.8) is 0 Å². The SMILES string of the molecule is CCN1CCN([C@@H](CN)c2cccs2)CC1. The molecule has 3 nitrogen and oxygen atoms in total. The molecule has 1 fully saturated rings. The molecule has 2 N–H and O–H groups in total. The second kappa shape index (κ2) is 5.77. The minimum atomic E-state index is 0.430. The molecule has 1 saturated heterocycles. The first kappa shape index (κ1) is 12.0. The molecule has 1 aromatic rings. The van der Waals surface area contributed by atoms with Gasteiger partial charge < -0.3 is 10.6 Å². The zero-order chi connectivity index (χ0) is 11.4. The van der Waals surface area contributed by atoms with Gasteiger partial charge in [-0.25, -0.2) is 0 Å². The van der Waals surface area contributed by atoms with Crippen LogP contribution in [-0.2, 0) is 0 Å². The third-order valence-corrected chi connectivity index (χ3v) is 4.36. The van der Waals surface area contributed by atoms with E-state index in [9.17, 15) is 0 Å². The summed E-state index contributed by atoms with van der Waals surface area (Å²) in [7, 11) is 0. The first-order valence-corrected chi connectivity index (χ1v) is 6.93. The highest BCUT2D eigenvalue weighted by atomic mass is 32.1. The summed E-state index contributed by atoms with van der Waals surface area (Å²) < 4.78 is 0. The molecule has 0 aromatic carbocycles. The molecule has 0 aliphatic carbocycles. The lowest BCUT2D eigenvalue weighted by molar-refractivity contribution is 0.103. The molecule has 0 saturated carbocycles. The number of hydrogen-bond acceptors (Lipinski definition) is 4. The van der Waals surface area contributed by atoms with Gasteiger partial charge in [0.15, 0.2) is 0 Å². The summed E-state index contributed by atoms with van der Waals surface area (Å²) in [6.07, 6.45) is 0. The van der Waals surface area contributed by atoms with Crippen molar-refractivity contribution in [2.75, 3.05) is 39.3 Å². The van der Waals surface area contributed by atoms with Crippen molar-refractivity contribution in [1.29, 1.82) is 0 Å². The molecule has 16 heavy (non-hydrogen) atoms. The number of thiophene rings is 1. The molecule has 2 rings (SSSR count). The van der Waals surface area contributed by atoms with Gasteiger partial charge in [0.2, 0.25) is 0 Å². The molecule has 4 heteroatoms. The maximum atomic E-state index is 5.91. The molecule has 2 heterocycles. The van der Waals surface area contributed by atoms with E-state index in [0.717, 1.165) is 19.6 Å². The van der Waals surface area contributed by atoms with E-state index < -0.39 is 0 Å². The van der Waals surface area contributed by atoms with Crippen molar-refractivity contribution < 1.29 is 0 Å². The molecular weight excluding hydrogens is 218 g/mol. The van der Waals surface area contributed by atoms with Gasteiger partial charge in [0, 0.05) is 37.6 Å². The van der Waals surface area contributed by atoms with Crippen LogP contribution in [0.4, 0.5) is 0 Å². The highest BCUT2D eigenvalue weighted by Gasteiger charge is 2.23. The zero-order valence-corrected chi connectivity index (χ0v) is 10.7. The number of rotatable bonds is 4. The fraction of sp³-hybridized carbons (Fsp3) is 0.667. The second-order valence-electron chi connectivity index (χ2n) is 4.24. The van der Waals surface area contributed by atoms with Crippen molar-refractivity contribution in [2.45, 2.75) is 13.0 Å². The van der Waals surface area contributed by atoms with Gasteiger partial charge in [-0.15, -0.1) is 11.3 Å². The summed E-state index contributed by atoms with van der Waals surface area (Å²) in [4.78, 5) is 6.43. The highest BCUT2D eigenvalue weighted by molar-refractivity contribution is 7.10. The predicted octanol–water partition coefficient (Wildman–Crippen LogP) is 1.39. The van der Waals surface area contributed by atoms with E-state index in [1.54, 1.807) is 0 Å². The zero-order valence-electron chi connectivity index (χ0n) is 9.93. The number of piperazine rings is 1. The minimum absolute atomic E-state index is 0.430. The van der Waals surface area contributed by atoms with Gasteiger partial charge in [0.1, 0.15) is 0 Å². The minimum Gasteiger partial charge on any atom is -0.329 e. The summed E-state index contributed by atoms with van der Waals surface area (Å²) in [5.74, 6) is 0. The number of nitrogens with zero attached hydrogens (tertiary/aromatic N) is 2. The van der Waals surface area contributed by atoms with Crippen molar-refractivity contribution >= 4 is 11.3 Å². The first-order valence-electron chi connectivity index (χ1n) is 6.05. The quantitative estimate of drug-likeness (QED) is 0.862. The Hall–Kier alpha value is -0.420. The van der Waals surface area contributed by atoms with Crippen molar-refractivity contribution in [1.82, 2.24) is 9.80 Å². The Morgan fingerprint density at radius 2 is 2.12 bits per heavy atom. The van der Waals surface area contributed by atoms with Crippen LogP contribution >= 0.6 is 11.3 Å². The fourth-order valence-corrected chi connectivity index (χ4v) is 3.19. The average molecular weight is 239 g/mol. The van der Waals surface area contributed by atoms with Gasteiger partial charge >= 0.3 is 0 Å². The predicted molar refractivity (Wildman–Crippen MR) is 69.8 cm³/mol. The van der Waals surface area contributed by atoms with Crippen LogP contribution in [0.5, 0.6) is 0 Å². The van der Waals surface area contributed by atoms with E-state index >= 15 is 0 Å². The van der Waals surface area contributed by atoms with Crippen LogP contribution in [-0.4, -0.2) is 49.1 Å². The molecule has 1 aromatic heterocycles. The lowest BCUT2D eigenvalue weighted by Gasteiger charge is -2.38. The van der Waals surface area contributed by atoms with Crippen LogP contribution in [0.1, 0.15) is 17.8 Å². The van der Waals surface area contributed by atoms with Crippen LogP contribution < -0.4 is 5.73 Å². The van der Waals surface area contributed by atoms with Crippen molar-refractivity contribution in [3.8, 4) is 0 Å².